The van der Waals surface area contributed by atoms with Gasteiger partial charge in [0.2, 0.25) is 5.91 Å². The Balaban J connectivity index is 1.45. The molecule has 156 valence electrons. The van der Waals surface area contributed by atoms with E-state index in [0.29, 0.717) is 13.0 Å². The minimum atomic E-state index is -0.837. The second-order valence-electron chi connectivity index (χ2n) is 7.28. The van der Waals surface area contributed by atoms with Crippen LogP contribution in [0.4, 0.5) is 5.82 Å². The summed E-state index contributed by atoms with van der Waals surface area (Å²) in [6.07, 6.45) is 9.78. The Bertz CT molecular complexity index is 922. The molecule has 1 aliphatic rings. The van der Waals surface area contributed by atoms with Gasteiger partial charge in [0.1, 0.15) is 5.82 Å². The molecule has 0 radical (unpaired) electrons. The van der Waals surface area contributed by atoms with Crippen LogP contribution in [0.1, 0.15) is 42.7 Å². The summed E-state index contributed by atoms with van der Waals surface area (Å²) in [5.41, 5.74) is 2.93. The molecule has 3 N–H and O–H groups in total. The van der Waals surface area contributed by atoms with Gasteiger partial charge in [-0.2, -0.15) is 0 Å². The van der Waals surface area contributed by atoms with Gasteiger partial charge in [-0.1, -0.05) is 48.6 Å². The molecule has 1 amide bonds. The van der Waals surface area contributed by atoms with Gasteiger partial charge in [0.15, 0.2) is 0 Å². The van der Waals surface area contributed by atoms with Crippen molar-refractivity contribution in [1.82, 2.24) is 10.3 Å². The molecule has 0 aliphatic heterocycles. The molecule has 6 heteroatoms. The number of rotatable bonds is 10. The number of nitrogens with one attached hydrogen (secondary N) is 2. The fraction of sp³-hybridized carbons (Fsp3) is 0.292. The van der Waals surface area contributed by atoms with Gasteiger partial charge in [-0.25, -0.2) is 4.98 Å². The summed E-state index contributed by atoms with van der Waals surface area (Å²) in [5, 5.41) is 15.5. The number of anilines is 1. The van der Waals surface area contributed by atoms with Gasteiger partial charge in [0.25, 0.3) is 0 Å². The third-order valence-corrected chi connectivity index (χ3v) is 4.97. The minimum absolute atomic E-state index is 0.00122. The van der Waals surface area contributed by atoms with Crippen LogP contribution >= 0.6 is 0 Å². The monoisotopic (exact) mass is 405 g/mol. The van der Waals surface area contributed by atoms with Crippen LogP contribution in [0, 0.1) is 0 Å². The number of amides is 1. The number of hydrogen-bond donors (Lipinski definition) is 3. The van der Waals surface area contributed by atoms with Crippen LogP contribution in [-0.2, 0) is 9.59 Å². The Hall–Kier alpha value is -3.41. The van der Waals surface area contributed by atoms with E-state index in [9.17, 15) is 14.7 Å². The number of benzene rings is 1. The molecule has 3 rings (SSSR count). The van der Waals surface area contributed by atoms with Gasteiger partial charge < -0.3 is 15.7 Å². The highest BCUT2D eigenvalue weighted by Crippen LogP contribution is 2.30. The van der Waals surface area contributed by atoms with E-state index in [0.717, 1.165) is 41.9 Å². The Morgan fingerprint density at radius 3 is 2.67 bits per heavy atom. The van der Waals surface area contributed by atoms with Crippen LogP contribution in [0.2, 0.25) is 0 Å². The van der Waals surface area contributed by atoms with E-state index >= 15 is 0 Å². The van der Waals surface area contributed by atoms with Crippen LogP contribution in [0.15, 0.2) is 66.4 Å². The molecule has 1 unspecified atom stereocenters. The fourth-order valence-electron chi connectivity index (χ4n) is 3.46. The highest BCUT2D eigenvalue weighted by molar-refractivity contribution is 5.76. The molecule has 0 spiro atoms. The van der Waals surface area contributed by atoms with Gasteiger partial charge >= 0.3 is 5.97 Å². The molecule has 30 heavy (non-hydrogen) atoms. The lowest BCUT2D eigenvalue weighted by molar-refractivity contribution is -0.137. The summed E-state index contributed by atoms with van der Waals surface area (Å²) in [6.45, 7) is 1.17. The number of fused-ring (bicyclic) bond motifs is 1. The first kappa shape index (κ1) is 21.3. The molecule has 0 bridgehead atoms. The van der Waals surface area contributed by atoms with E-state index in [2.05, 4.69) is 15.6 Å². The van der Waals surface area contributed by atoms with Crippen molar-refractivity contribution >= 4 is 23.8 Å². The number of carbonyl (C=O) groups is 2. The van der Waals surface area contributed by atoms with E-state index < -0.39 is 5.97 Å². The fourth-order valence-corrected chi connectivity index (χ4v) is 3.46. The van der Waals surface area contributed by atoms with Crippen molar-refractivity contribution in [3.05, 3.63) is 77.5 Å². The maximum Gasteiger partial charge on any atom is 0.304 e. The van der Waals surface area contributed by atoms with Crippen molar-refractivity contribution in [1.29, 1.82) is 0 Å². The van der Waals surface area contributed by atoms with Crippen LogP contribution in [0.5, 0.6) is 0 Å². The van der Waals surface area contributed by atoms with Crippen LogP contribution in [0.3, 0.4) is 0 Å². The SMILES string of the molecule is O=C(O)CC1C=C(CNC(=O)CCCCNc2ccccn2)C=Cc2ccccc21. The molecule has 6 nitrogen and oxygen atoms in total. The summed E-state index contributed by atoms with van der Waals surface area (Å²) in [5.74, 6) is -0.210. The quantitative estimate of drug-likeness (QED) is 0.520. The Kier molecular flexibility index (Phi) is 7.78. The number of aromatic nitrogens is 1. The van der Waals surface area contributed by atoms with Crippen LogP contribution < -0.4 is 10.6 Å². The number of unbranched alkanes of at least 4 members (excludes halogenated alkanes) is 1. The highest BCUT2D eigenvalue weighted by Gasteiger charge is 2.18. The second kappa shape index (κ2) is 11.0. The van der Waals surface area contributed by atoms with Crippen molar-refractivity contribution in [2.45, 2.75) is 31.6 Å². The number of carbonyl (C=O) groups excluding carboxylic acids is 1. The zero-order valence-electron chi connectivity index (χ0n) is 16.9. The zero-order chi connectivity index (χ0) is 21.2. The molecule has 1 aromatic carbocycles. The molecule has 0 saturated heterocycles. The molecular formula is C24H27N3O3. The maximum atomic E-state index is 12.2. The molecule has 2 aromatic rings. The summed E-state index contributed by atoms with van der Waals surface area (Å²) in [4.78, 5) is 27.7. The Morgan fingerprint density at radius 2 is 1.87 bits per heavy atom. The largest absolute Gasteiger partial charge is 0.481 e. The number of pyridine rings is 1. The van der Waals surface area contributed by atoms with Gasteiger partial charge in [-0.05, 0) is 41.7 Å². The highest BCUT2D eigenvalue weighted by atomic mass is 16.4. The van der Waals surface area contributed by atoms with Crippen molar-refractivity contribution < 1.29 is 14.7 Å². The first-order valence-corrected chi connectivity index (χ1v) is 10.2. The first-order chi connectivity index (χ1) is 14.6. The lowest BCUT2D eigenvalue weighted by atomic mass is 9.91. The summed E-state index contributed by atoms with van der Waals surface area (Å²) < 4.78 is 0. The molecular weight excluding hydrogens is 378 g/mol. The minimum Gasteiger partial charge on any atom is -0.481 e. The summed E-state index contributed by atoms with van der Waals surface area (Å²) in [6, 6.07) is 13.5. The summed E-state index contributed by atoms with van der Waals surface area (Å²) in [7, 11) is 0. The molecule has 1 aliphatic carbocycles. The number of aliphatic carboxylic acids is 1. The Morgan fingerprint density at radius 1 is 1.03 bits per heavy atom. The Labute approximate surface area is 176 Å². The third kappa shape index (κ3) is 6.58. The topological polar surface area (TPSA) is 91.3 Å². The lowest BCUT2D eigenvalue weighted by Gasteiger charge is -2.13. The van der Waals surface area contributed by atoms with Crippen molar-refractivity contribution in [2.75, 3.05) is 18.4 Å². The van der Waals surface area contributed by atoms with E-state index in [1.807, 2.05) is 60.7 Å². The average Bonchev–Trinajstić information content (AvgIpc) is 2.92. The van der Waals surface area contributed by atoms with Crippen LogP contribution in [-0.4, -0.2) is 35.1 Å². The first-order valence-electron chi connectivity index (χ1n) is 10.2. The zero-order valence-corrected chi connectivity index (χ0v) is 16.9. The second-order valence-corrected chi connectivity index (χ2v) is 7.28. The number of allylic oxidation sites excluding steroid dienone is 1. The third-order valence-electron chi connectivity index (χ3n) is 4.97. The van der Waals surface area contributed by atoms with Gasteiger partial charge in [0, 0.05) is 31.6 Å². The standard InChI is InChI=1S/C24H27N3O3/c28-23(10-4-6-14-26-22-9-3-5-13-25-22)27-17-18-11-12-19-7-1-2-8-21(19)20(15-18)16-24(29)30/h1-3,5,7-9,11-13,15,20H,4,6,10,14,16-17H2,(H,25,26)(H,27,28)(H,29,30). The number of carboxylic acids is 1. The van der Waals surface area contributed by atoms with Crippen molar-refractivity contribution in [3.63, 3.8) is 0 Å². The van der Waals surface area contributed by atoms with E-state index in [1.54, 1.807) is 6.20 Å². The van der Waals surface area contributed by atoms with Gasteiger partial charge in [0.05, 0.1) is 6.42 Å². The van der Waals surface area contributed by atoms with E-state index in [4.69, 9.17) is 0 Å². The average molecular weight is 405 g/mol. The van der Waals surface area contributed by atoms with E-state index in [1.165, 1.54) is 0 Å². The number of nitrogens with zero attached hydrogens (tertiary/aromatic N) is 1. The summed E-state index contributed by atoms with van der Waals surface area (Å²) >= 11 is 0. The molecule has 0 saturated carbocycles. The maximum absolute atomic E-state index is 12.2. The molecule has 0 fully saturated rings. The van der Waals surface area contributed by atoms with Crippen LogP contribution in [0.25, 0.3) is 6.08 Å². The number of hydrogen-bond acceptors (Lipinski definition) is 4. The van der Waals surface area contributed by atoms with Crippen molar-refractivity contribution in [2.24, 2.45) is 0 Å². The van der Waals surface area contributed by atoms with Crippen molar-refractivity contribution in [3.8, 4) is 0 Å². The predicted molar refractivity (Wildman–Crippen MR) is 118 cm³/mol. The van der Waals surface area contributed by atoms with Gasteiger partial charge in [-0.15, -0.1) is 0 Å². The molecule has 1 aromatic heterocycles. The van der Waals surface area contributed by atoms with Gasteiger partial charge in [-0.3, -0.25) is 9.59 Å². The molecule has 1 heterocycles. The molecule has 1 atom stereocenters. The smallest absolute Gasteiger partial charge is 0.304 e. The normalized spacial score (nSPS) is 14.9. The predicted octanol–water partition coefficient (Wildman–Crippen LogP) is 3.99. The lowest BCUT2D eigenvalue weighted by Crippen LogP contribution is -2.25. The number of carboxylic acid groups (broad SMARTS) is 1. The van der Waals surface area contributed by atoms with E-state index in [-0.39, 0.29) is 18.2 Å².